The van der Waals surface area contributed by atoms with Crippen LogP contribution < -0.4 is 10.5 Å². The highest BCUT2D eigenvalue weighted by molar-refractivity contribution is 5.81. The van der Waals surface area contributed by atoms with Gasteiger partial charge in [-0.05, 0) is 12.1 Å². The Kier molecular flexibility index (Phi) is 3.59. The number of ether oxygens (including phenoxy) is 1. The normalized spacial score (nSPS) is 11.2. The van der Waals surface area contributed by atoms with E-state index in [-0.39, 0.29) is 18.2 Å². The van der Waals surface area contributed by atoms with Crippen LogP contribution >= 0.6 is 0 Å². The second-order valence-electron chi connectivity index (χ2n) is 2.75. The minimum atomic E-state index is -0.787. The van der Waals surface area contributed by atoms with Crippen molar-refractivity contribution in [3.63, 3.8) is 0 Å². The van der Waals surface area contributed by atoms with Crippen molar-refractivity contribution >= 4 is 11.5 Å². The highest BCUT2D eigenvalue weighted by Gasteiger charge is 2.16. The molecule has 0 spiro atoms. The predicted octanol–water partition coefficient (Wildman–Crippen LogP) is 0.859. The highest BCUT2D eigenvalue weighted by Crippen LogP contribution is 2.27. The maximum absolute atomic E-state index is 12.7. The summed E-state index contributed by atoms with van der Waals surface area (Å²) in [5.74, 6) is -1.15. The van der Waals surface area contributed by atoms with Crippen molar-refractivity contribution in [3.05, 3.63) is 34.1 Å². The molecule has 1 aromatic rings. The number of nitrogens with zero attached hydrogens (tertiary/aromatic N) is 2. The lowest BCUT2D eigenvalue weighted by molar-refractivity contribution is -0.386. The van der Waals surface area contributed by atoms with Gasteiger partial charge in [-0.3, -0.25) is 10.1 Å². The minimum absolute atomic E-state index is 0.155. The Morgan fingerprint density at radius 1 is 1.69 bits per heavy atom. The first-order valence-corrected chi connectivity index (χ1v) is 4.07. The van der Waals surface area contributed by atoms with E-state index < -0.39 is 16.4 Å². The second kappa shape index (κ2) is 4.91. The summed E-state index contributed by atoms with van der Waals surface area (Å²) in [6, 6.07) is 2.83. The molecule has 0 amide bonds. The van der Waals surface area contributed by atoms with Gasteiger partial charge < -0.3 is 15.7 Å². The molecule has 0 bridgehead atoms. The van der Waals surface area contributed by atoms with Crippen LogP contribution in [0.15, 0.2) is 23.4 Å². The van der Waals surface area contributed by atoms with Crippen molar-refractivity contribution in [1.29, 1.82) is 0 Å². The SMILES string of the molecule is NC(COc1ccc(F)cc1[N+](=O)[O-])=NO. The summed E-state index contributed by atoms with van der Waals surface area (Å²) in [7, 11) is 0. The van der Waals surface area contributed by atoms with Crippen molar-refractivity contribution in [2.75, 3.05) is 6.61 Å². The van der Waals surface area contributed by atoms with E-state index in [1.165, 1.54) is 0 Å². The quantitative estimate of drug-likeness (QED) is 0.261. The van der Waals surface area contributed by atoms with Crippen LogP contribution in [0.4, 0.5) is 10.1 Å². The number of hydrogen-bond donors (Lipinski definition) is 2. The molecule has 16 heavy (non-hydrogen) atoms. The second-order valence-corrected chi connectivity index (χ2v) is 2.75. The monoisotopic (exact) mass is 229 g/mol. The molecule has 0 aliphatic carbocycles. The van der Waals surface area contributed by atoms with Gasteiger partial charge in [-0.1, -0.05) is 5.16 Å². The lowest BCUT2D eigenvalue weighted by Gasteiger charge is -2.05. The summed E-state index contributed by atoms with van der Waals surface area (Å²) in [5, 5.41) is 21.4. The zero-order chi connectivity index (χ0) is 12.1. The molecule has 0 aliphatic rings. The molecule has 0 atom stereocenters. The summed E-state index contributed by atoms with van der Waals surface area (Å²) in [6.45, 7) is -0.330. The van der Waals surface area contributed by atoms with Crippen molar-refractivity contribution in [2.45, 2.75) is 0 Å². The summed E-state index contributed by atoms with van der Waals surface area (Å²) in [4.78, 5) is 9.75. The Morgan fingerprint density at radius 2 is 2.38 bits per heavy atom. The van der Waals surface area contributed by atoms with E-state index in [4.69, 9.17) is 15.7 Å². The molecule has 0 aromatic heterocycles. The highest BCUT2D eigenvalue weighted by atomic mass is 19.1. The molecular formula is C8H8FN3O4. The molecule has 0 heterocycles. The number of rotatable bonds is 4. The van der Waals surface area contributed by atoms with Gasteiger partial charge in [0.25, 0.3) is 0 Å². The molecule has 1 rings (SSSR count). The molecule has 0 radical (unpaired) electrons. The molecule has 1 aromatic carbocycles. The standard InChI is InChI=1S/C8H8FN3O4/c9-5-1-2-7(6(3-5)12(14)15)16-4-8(10)11-13/h1-3,13H,4H2,(H2,10,11). The van der Waals surface area contributed by atoms with Gasteiger partial charge in [-0.25, -0.2) is 4.39 Å². The fourth-order valence-electron chi connectivity index (χ4n) is 0.936. The van der Waals surface area contributed by atoms with Gasteiger partial charge >= 0.3 is 5.69 Å². The van der Waals surface area contributed by atoms with Crippen LogP contribution in [0, 0.1) is 15.9 Å². The zero-order valence-electron chi connectivity index (χ0n) is 7.96. The molecular weight excluding hydrogens is 221 g/mol. The topological polar surface area (TPSA) is 111 Å². The van der Waals surface area contributed by atoms with E-state index >= 15 is 0 Å². The van der Waals surface area contributed by atoms with E-state index in [1.807, 2.05) is 0 Å². The number of oxime groups is 1. The lowest BCUT2D eigenvalue weighted by atomic mass is 10.3. The molecule has 7 nitrogen and oxygen atoms in total. The minimum Gasteiger partial charge on any atom is -0.479 e. The molecule has 0 saturated carbocycles. The van der Waals surface area contributed by atoms with E-state index in [2.05, 4.69) is 5.16 Å². The fraction of sp³-hybridized carbons (Fsp3) is 0.125. The van der Waals surface area contributed by atoms with Gasteiger partial charge in [0.05, 0.1) is 11.0 Å². The van der Waals surface area contributed by atoms with Gasteiger partial charge in [-0.2, -0.15) is 0 Å². The van der Waals surface area contributed by atoms with Crippen LogP contribution in [0.5, 0.6) is 5.75 Å². The zero-order valence-corrected chi connectivity index (χ0v) is 7.96. The Hall–Kier alpha value is -2.38. The maximum Gasteiger partial charge on any atom is 0.313 e. The predicted molar refractivity (Wildman–Crippen MR) is 52.0 cm³/mol. The van der Waals surface area contributed by atoms with Crippen LogP contribution in [-0.4, -0.2) is 22.6 Å². The van der Waals surface area contributed by atoms with E-state index in [0.717, 1.165) is 18.2 Å². The van der Waals surface area contributed by atoms with Gasteiger partial charge in [0.15, 0.2) is 11.6 Å². The van der Waals surface area contributed by atoms with Crippen LogP contribution in [0.25, 0.3) is 0 Å². The maximum atomic E-state index is 12.7. The third-order valence-electron chi connectivity index (χ3n) is 1.62. The van der Waals surface area contributed by atoms with E-state index in [0.29, 0.717) is 0 Å². The van der Waals surface area contributed by atoms with Crippen molar-refractivity contribution in [2.24, 2.45) is 10.9 Å². The number of halogens is 1. The van der Waals surface area contributed by atoms with Crippen molar-refractivity contribution < 1.29 is 19.3 Å². The Morgan fingerprint density at radius 3 is 2.94 bits per heavy atom. The van der Waals surface area contributed by atoms with Gasteiger partial charge in [0.1, 0.15) is 12.4 Å². The third-order valence-corrected chi connectivity index (χ3v) is 1.62. The molecule has 86 valence electrons. The van der Waals surface area contributed by atoms with Crippen LogP contribution in [-0.2, 0) is 0 Å². The summed E-state index contributed by atoms with van der Waals surface area (Å²) < 4.78 is 17.6. The number of nitro benzene ring substituents is 1. The third kappa shape index (κ3) is 2.80. The van der Waals surface area contributed by atoms with Crippen LogP contribution in [0.1, 0.15) is 0 Å². The Labute approximate surface area is 89.1 Å². The van der Waals surface area contributed by atoms with Crippen molar-refractivity contribution in [1.82, 2.24) is 0 Å². The largest absolute Gasteiger partial charge is 0.479 e. The van der Waals surface area contributed by atoms with Crippen molar-refractivity contribution in [3.8, 4) is 5.75 Å². The first-order valence-electron chi connectivity index (χ1n) is 4.07. The first-order chi connectivity index (χ1) is 7.54. The summed E-state index contributed by atoms with van der Waals surface area (Å²) >= 11 is 0. The number of benzene rings is 1. The first kappa shape index (κ1) is 11.7. The smallest absolute Gasteiger partial charge is 0.313 e. The average molecular weight is 229 g/mol. The Bertz CT molecular complexity index is 435. The molecule has 3 N–H and O–H groups in total. The summed E-state index contributed by atoms with van der Waals surface area (Å²) in [6.07, 6.45) is 0. The fourth-order valence-corrected chi connectivity index (χ4v) is 0.936. The van der Waals surface area contributed by atoms with Gasteiger partial charge in [-0.15, -0.1) is 0 Å². The number of hydrogen-bond acceptors (Lipinski definition) is 5. The van der Waals surface area contributed by atoms with E-state index in [9.17, 15) is 14.5 Å². The number of amidine groups is 1. The van der Waals surface area contributed by atoms with E-state index in [1.54, 1.807) is 0 Å². The molecule has 0 saturated heterocycles. The molecule has 0 aliphatic heterocycles. The molecule has 8 heteroatoms. The molecule has 0 unspecified atom stereocenters. The van der Waals surface area contributed by atoms with Crippen LogP contribution in [0.2, 0.25) is 0 Å². The number of nitro groups is 1. The Balaban J connectivity index is 2.91. The van der Waals surface area contributed by atoms with Gasteiger partial charge in [0.2, 0.25) is 0 Å². The number of nitrogens with two attached hydrogens (primary N) is 1. The van der Waals surface area contributed by atoms with Crippen LogP contribution in [0.3, 0.4) is 0 Å². The lowest BCUT2D eigenvalue weighted by Crippen LogP contribution is -2.21. The average Bonchev–Trinajstić information content (AvgIpc) is 2.26. The molecule has 0 fully saturated rings. The van der Waals surface area contributed by atoms with Gasteiger partial charge in [0, 0.05) is 0 Å². The summed E-state index contributed by atoms with van der Waals surface area (Å²) in [5.41, 5.74) is 4.59.